The van der Waals surface area contributed by atoms with Crippen LogP contribution in [-0.2, 0) is 0 Å². The Balaban J connectivity index is 2.28. The van der Waals surface area contributed by atoms with Crippen molar-refractivity contribution in [3.63, 3.8) is 0 Å². The molecule has 0 radical (unpaired) electrons. The van der Waals surface area contributed by atoms with Crippen LogP contribution in [0.2, 0.25) is 0 Å². The standard InChI is InChI=1S/C14H12BrFN2S/c1-8-6-10(3-4-12(8)16)18-13-5-2-9(14(17)19)7-11(13)15/h2-7,18H,1H3,(H2,17,19). The molecule has 0 aliphatic heterocycles. The molecule has 0 unspecified atom stereocenters. The van der Waals surface area contributed by atoms with Crippen molar-refractivity contribution >= 4 is 44.5 Å². The molecule has 0 aliphatic carbocycles. The zero-order valence-corrected chi connectivity index (χ0v) is 12.6. The third kappa shape index (κ3) is 3.30. The summed E-state index contributed by atoms with van der Waals surface area (Å²) in [5.41, 5.74) is 8.65. The van der Waals surface area contributed by atoms with E-state index in [1.807, 2.05) is 18.2 Å². The number of hydrogen-bond acceptors (Lipinski definition) is 2. The van der Waals surface area contributed by atoms with Gasteiger partial charge in [0.1, 0.15) is 10.8 Å². The second-order valence-corrected chi connectivity index (χ2v) is 5.44. The smallest absolute Gasteiger partial charge is 0.126 e. The molecule has 0 fully saturated rings. The second-order valence-electron chi connectivity index (χ2n) is 4.15. The molecular weight excluding hydrogens is 327 g/mol. The third-order valence-corrected chi connectivity index (χ3v) is 3.58. The summed E-state index contributed by atoms with van der Waals surface area (Å²) >= 11 is 8.38. The molecule has 19 heavy (non-hydrogen) atoms. The van der Waals surface area contributed by atoms with E-state index in [0.29, 0.717) is 10.6 Å². The first-order valence-corrected chi connectivity index (χ1v) is 6.80. The van der Waals surface area contributed by atoms with Crippen molar-refractivity contribution in [1.82, 2.24) is 0 Å². The molecule has 0 amide bonds. The molecule has 3 N–H and O–H groups in total. The van der Waals surface area contributed by atoms with Gasteiger partial charge in [0.05, 0.1) is 5.69 Å². The van der Waals surface area contributed by atoms with E-state index in [0.717, 1.165) is 21.4 Å². The summed E-state index contributed by atoms with van der Waals surface area (Å²) in [5.74, 6) is -0.214. The Bertz CT molecular complexity index is 643. The van der Waals surface area contributed by atoms with Gasteiger partial charge in [-0.15, -0.1) is 0 Å². The van der Waals surface area contributed by atoms with Crippen molar-refractivity contribution in [2.45, 2.75) is 6.92 Å². The maximum atomic E-state index is 13.2. The number of anilines is 2. The number of nitrogens with one attached hydrogen (secondary N) is 1. The lowest BCUT2D eigenvalue weighted by molar-refractivity contribution is 0.619. The van der Waals surface area contributed by atoms with E-state index >= 15 is 0 Å². The quantitative estimate of drug-likeness (QED) is 0.820. The fourth-order valence-electron chi connectivity index (χ4n) is 1.65. The van der Waals surface area contributed by atoms with Gasteiger partial charge in [-0.3, -0.25) is 0 Å². The van der Waals surface area contributed by atoms with Crippen molar-refractivity contribution in [1.29, 1.82) is 0 Å². The minimum Gasteiger partial charge on any atom is -0.389 e. The number of rotatable bonds is 3. The van der Waals surface area contributed by atoms with Crippen LogP contribution in [0.4, 0.5) is 15.8 Å². The van der Waals surface area contributed by atoms with Gasteiger partial charge in [-0.2, -0.15) is 0 Å². The number of aryl methyl sites for hydroxylation is 1. The molecule has 0 atom stereocenters. The van der Waals surface area contributed by atoms with E-state index in [9.17, 15) is 4.39 Å². The van der Waals surface area contributed by atoms with Crippen LogP contribution in [0.3, 0.4) is 0 Å². The van der Waals surface area contributed by atoms with Gasteiger partial charge in [-0.05, 0) is 64.8 Å². The molecule has 0 saturated heterocycles. The van der Waals surface area contributed by atoms with Crippen molar-refractivity contribution in [2.24, 2.45) is 5.73 Å². The Morgan fingerprint density at radius 3 is 2.58 bits per heavy atom. The predicted octanol–water partition coefficient (Wildman–Crippen LogP) is 4.27. The van der Waals surface area contributed by atoms with Crippen molar-refractivity contribution in [2.75, 3.05) is 5.32 Å². The topological polar surface area (TPSA) is 38.0 Å². The lowest BCUT2D eigenvalue weighted by atomic mass is 10.2. The first-order valence-electron chi connectivity index (χ1n) is 5.60. The highest BCUT2D eigenvalue weighted by atomic mass is 79.9. The van der Waals surface area contributed by atoms with Gasteiger partial charge >= 0.3 is 0 Å². The average molecular weight is 339 g/mol. The summed E-state index contributed by atoms with van der Waals surface area (Å²) in [6, 6.07) is 10.4. The monoisotopic (exact) mass is 338 g/mol. The van der Waals surface area contributed by atoms with Crippen molar-refractivity contribution in [3.05, 3.63) is 57.8 Å². The van der Waals surface area contributed by atoms with Crippen LogP contribution >= 0.6 is 28.1 Å². The van der Waals surface area contributed by atoms with E-state index in [1.165, 1.54) is 6.07 Å². The van der Waals surface area contributed by atoms with E-state index in [-0.39, 0.29) is 5.82 Å². The van der Waals surface area contributed by atoms with Gasteiger partial charge in [-0.25, -0.2) is 4.39 Å². The van der Waals surface area contributed by atoms with E-state index in [1.54, 1.807) is 19.1 Å². The van der Waals surface area contributed by atoms with Gasteiger partial charge in [0, 0.05) is 15.7 Å². The molecule has 0 spiro atoms. The highest BCUT2D eigenvalue weighted by Gasteiger charge is 2.05. The fourth-order valence-corrected chi connectivity index (χ4v) is 2.25. The predicted molar refractivity (Wildman–Crippen MR) is 84.4 cm³/mol. The molecule has 0 saturated carbocycles. The van der Waals surface area contributed by atoms with Crippen molar-refractivity contribution < 1.29 is 4.39 Å². The molecule has 2 aromatic rings. The summed E-state index contributed by atoms with van der Waals surface area (Å²) in [4.78, 5) is 0.352. The van der Waals surface area contributed by atoms with Crippen LogP contribution in [0.25, 0.3) is 0 Å². The van der Waals surface area contributed by atoms with Gasteiger partial charge in [0.15, 0.2) is 0 Å². The first-order chi connectivity index (χ1) is 8.97. The zero-order chi connectivity index (χ0) is 14.0. The van der Waals surface area contributed by atoms with Crippen LogP contribution in [-0.4, -0.2) is 4.99 Å². The largest absolute Gasteiger partial charge is 0.389 e. The fraction of sp³-hybridized carbons (Fsp3) is 0.0714. The summed E-state index contributed by atoms with van der Waals surface area (Å²) in [7, 11) is 0. The zero-order valence-electron chi connectivity index (χ0n) is 10.2. The van der Waals surface area contributed by atoms with Gasteiger partial charge < -0.3 is 11.1 Å². The van der Waals surface area contributed by atoms with Crippen LogP contribution in [0, 0.1) is 12.7 Å². The Morgan fingerprint density at radius 2 is 2.00 bits per heavy atom. The minimum atomic E-state index is -0.214. The summed E-state index contributed by atoms with van der Waals surface area (Å²) in [6.45, 7) is 1.73. The Labute approximate surface area is 124 Å². The number of hydrogen-bond donors (Lipinski definition) is 2. The first kappa shape index (κ1) is 14.0. The van der Waals surface area contributed by atoms with Gasteiger partial charge in [0.2, 0.25) is 0 Å². The minimum absolute atomic E-state index is 0.214. The number of thiocarbonyl (C=S) groups is 1. The molecule has 0 bridgehead atoms. The highest BCUT2D eigenvalue weighted by Crippen LogP contribution is 2.27. The average Bonchev–Trinajstić information content (AvgIpc) is 2.36. The Morgan fingerprint density at radius 1 is 1.26 bits per heavy atom. The molecule has 0 heterocycles. The summed E-state index contributed by atoms with van der Waals surface area (Å²) in [6.07, 6.45) is 0. The summed E-state index contributed by atoms with van der Waals surface area (Å²) in [5, 5.41) is 3.21. The highest BCUT2D eigenvalue weighted by molar-refractivity contribution is 9.10. The normalized spacial score (nSPS) is 10.3. The van der Waals surface area contributed by atoms with E-state index < -0.39 is 0 Å². The summed E-state index contributed by atoms with van der Waals surface area (Å²) < 4.78 is 14.0. The number of benzene rings is 2. The SMILES string of the molecule is Cc1cc(Nc2ccc(C(N)=S)cc2Br)ccc1F. The maximum absolute atomic E-state index is 13.2. The van der Waals surface area contributed by atoms with Crippen molar-refractivity contribution in [3.8, 4) is 0 Å². The molecule has 2 nitrogen and oxygen atoms in total. The van der Waals surface area contributed by atoms with Crippen LogP contribution in [0.15, 0.2) is 40.9 Å². The van der Waals surface area contributed by atoms with E-state index in [2.05, 4.69) is 21.2 Å². The molecule has 5 heteroatoms. The Hall–Kier alpha value is -1.46. The number of nitrogens with two attached hydrogens (primary N) is 1. The maximum Gasteiger partial charge on any atom is 0.126 e. The lowest BCUT2D eigenvalue weighted by Gasteiger charge is -2.11. The van der Waals surface area contributed by atoms with Gasteiger partial charge in [0.25, 0.3) is 0 Å². The molecule has 2 aromatic carbocycles. The number of halogens is 2. The molecule has 0 aromatic heterocycles. The van der Waals surface area contributed by atoms with Crippen LogP contribution in [0.1, 0.15) is 11.1 Å². The molecule has 0 aliphatic rings. The van der Waals surface area contributed by atoms with Crippen LogP contribution in [0.5, 0.6) is 0 Å². The molecule has 98 valence electrons. The van der Waals surface area contributed by atoms with Crippen LogP contribution < -0.4 is 11.1 Å². The van der Waals surface area contributed by atoms with E-state index in [4.69, 9.17) is 18.0 Å². The lowest BCUT2D eigenvalue weighted by Crippen LogP contribution is -2.09. The molecule has 2 rings (SSSR count). The molecular formula is C14H12BrFN2S. The van der Waals surface area contributed by atoms with Gasteiger partial charge in [-0.1, -0.05) is 12.2 Å². The Kier molecular flexibility index (Phi) is 4.17. The second kappa shape index (κ2) is 5.67. The third-order valence-electron chi connectivity index (χ3n) is 2.69.